The van der Waals surface area contributed by atoms with Crippen LogP contribution in [0.1, 0.15) is 35.6 Å². The van der Waals surface area contributed by atoms with E-state index in [9.17, 15) is 10.0 Å². The van der Waals surface area contributed by atoms with Gasteiger partial charge in [0.25, 0.3) is 0 Å². The van der Waals surface area contributed by atoms with Gasteiger partial charge in [0.05, 0.1) is 17.3 Å². The molecule has 3 heterocycles. The molecule has 1 aliphatic rings. The van der Waals surface area contributed by atoms with Gasteiger partial charge in [0.2, 0.25) is 0 Å². The quantitative estimate of drug-likeness (QED) is 0.526. The van der Waals surface area contributed by atoms with E-state index in [2.05, 4.69) is 26.6 Å². The summed E-state index contributed by atoms with van der Waals surface area (Å²) in [6.07, 6.45) is 3.72. The molecule has 3 aromatic rings. The van der Waals surface area contributed by atoms with Crippen molar-refractivity contribution < 1.29 is 10.0 Å². The van der Waals surface area contributed by atoms with Crippen LogP contribution in [0.15, 0.2) is 48.0 Å². The number of nitrogens with zero attached hydrogens (tertiary/aromatic N) is 4. The second-order valence-corrected chi connectivity index (χ2v) is 8.27. The van der Waals surface area contributed by atoms with Gasteiger partial charge in [-0.2, -0.15) is 5.26 Å². The summed E-state index contributed by atoms with van der Waals surface area (Å²) in [5.41, 5.74) is 3.36. The van der Waals surface area contributed by atoms with Crippen molar-refractivity contribution in [1.82, 2.24) is 14.9 Å². The molecule has 0 saturated carbocycles. The average molecular weight is 419 g/mol. The van der Waals surface area contributed by atoms with Gasteiger partial charge < -0.3 is 15.4 Å². The number of rotatable bonds is 6. The molecule has 1 aliphatic heterocycles. The maximum absolute atomic E-state index is 9.20. The molecule has 0 atom stereocenters. The Morgan fingerprint density at radius 3 is 2.67 bits per heavy atom. The van der Waals surface area contributed by atoms with Crippen LogP contribution < -0.4 is 10.8 Å². The Morgan fingerprint density at radius 1 is 1.20 bits per heavy atom. The van der Waals surface area contributed by atoms with Crippen molar-refractivity contribution in [2.75, 3.05) is 18.4 Å². The first kappa shape index (κ1) is 20.5. The number of nitriles is 1. The number of pyridine rings is 1. The molecule has 4 rings (SSSR count). The first-order valence-corrected chi connectivity index (χ1v) is 10.7. The minimum atomic E-state index is -1.42. The molecule has 1 fully saturated rings. The highest BCUT2D eigenvalue weighted by Crippen LogP contribution is 2.31. The molecule has 0 aliphatic carbocycles. The van der Waals surface area contributed by atoms with E-state index in [-0.39, 0.29) is 0 Å². The summed E-state index contributed by atoms with van der Waals surface area (Å²) in [4.78, 5) is 11.4. The molecule has 3 N–H and O–H groups in total. The number of aromatic nitrogens is 2. The number of piperidine rings is 1. The highest BCUT2D eigenvalue weighted by molar-refractivity contribution is 7.13. The summed E-state index contributed by atoms with van der Waals surface area (Å²) in [5.74, 6) is 1.07. The van der Waals surface area contributed by atoms with Crippen LogP contribution in [0.25, 0.3) is 0 Å². The van der Waals surface area contributed by atoms with Crippen molar-refractivity contribution in [3.63, 3.8) is 0 Å². The molecule has 7 nitrogen and oxygen atoms in total. The molecule has 0 radical (unpaired) electrons. The number of likely N-dealkylation sites (tertiary alicyclic amines) is 1. The van der Waals surface area contributed by atoms with Crippen LogP contribution in [0, 0.1) is 11.3 Å². The van der Waals surface area contributed by atoms with Crippen LogP contribution in [0.3, 0.4) is 0 Å². The summed E-state index contributed by atoms with van der Waals surface area (Å²) < 4.78 is 0. The van der Waals surface area contributed by atoms with Gasteiger partial charge in [0, 0.05) is 24.0 Å². The highest BCUT2D eigenvalue weighted by Gasteiger charge is 2.23. The molecule has 0 spiro atoms. The van der Waals surface area contributed by atoms with E-state index in [4.69, 9.17) is 10.2 Å². The minimum absolute atomic E-state index is 0.443. The van der Waals surface area contributed by atoms with Crippen molar-refractivity contribution in [3.8, 4) is 6.07 Å². The fraction of sp³-hybridized carbons (Fsp3) is 0.286. The number of thiazole rings is 1. The van der Waals surface area contributed by atoms with Crippen LogP contribution >= 0.6 is 11.3 Å². The van der Waals surface area contributed by atoms with E-state index in [0.717, 1.165) is 43.3 Å². The lowest BCUT2D eigenvalue weighted by atomic mass is 9.80. The molecule has 152 valence electrons. The number of hydrogen-bond donors (Lipinski definition) is 3. The molecule has 0 amide bonds. The molecular formula is C21H22BN5O2S. The third kappa shape index (κ3) is 5.04. The Bertz CT molecular complexity index is 1030. The second-order valence-electron chi connectivity index (χ2n) is 7.41. The number of hydrogen-bond acceptors (Lipinski definition) is 8. The molecular weight excluding hydrogens is 397 g/mol. The monoisotopic (exact) mass is 419 g/mol. The third-order valence-corrected chi connectivity index (χ3v) is 6.11. The fourth-order valence-electron chi connectivity index (χ4n) is 3.65. The van der Waals surface area contributed by atoms with E-state index in [1.165, 1.54) is 5.56 Å². The maximum Gasteiger partial charge on any atom is 0.488 e. The first-order valence-electron chi connectivity index (χ1n) is 9.86. The van der Waals surface area contributed by atoms with Crippen LogP contribution in [0.5, 0.6) is 0 Å². The summed E-state index contributed by atoms with van der Waals surface area (Å²) in [5, 5.41) is 33.5. The van der Waals surface area contributed by atoms with Crippen LogP contribution in [0.4, 0.5) is 10.9 Å². The van der Waals surface area contributed by atoms with Gasteiger partial charge in [-0.25, -0.2) is 9.97 Å². The Hall–Kier alpha value is -2.77. The van der Waals surface area contributed by atoms with Crippen LogP contribution in [-0.4, -0.2) is 45.1 Å². The van der Waals surface area contributed by atoms with Gasteiger partial charge in [-0.05, 0) is 49.1 Å². The van der Waals surface area contributed by atoms with Crippen LogP contribution in [-0.2, 0) is 6.54 Å². The van der Waals surface area contributed by atoms with E-state index in [1.54, 1.807) is 41.8 Å². The Morgan fingerprint density at radius 2 is 1.97 bits per heavy atom. The lowest BCUT2D eigenvalue weighted by Crippen LogP contribution is -2.33. The van der Waals surface area contributed by atoms with Crippen molar-refractivity contribution >= 4 is 34.9 Å². The predicted octanol–water partition coefficient (Wildman–Crippen LogP) is 2.21. The van der Waals surface area contributed by atoms with Crippen molar-refractivity contribution in [3.05, 3.63) is 64.8 Å². The average Bonchev–Trinajstić information content (AvgIpc) is 3.23. The van der Waals surface area contributed by atoms with Gasteiger partial charge in [-0.1, -0.05) is 24.3 Å². The Kier molecular flexibility index (Phi) is 6.40. The Labute approximate surface area is 179 Å². The SMILES string of the molecule is N#Cc1ccnc(Nc2nc(C3CCN(Cc4ccc(B(O)O)cc4)CC3)cs2)c1. The molecule has 0 bridgehead atoms. The van der Waals surface area contributed by atoms with E-state index in [1.807, 2.05) is 12.1 Å². The Balaban J connectivity index is 1.30. The second kappa shape index (κ2) is 9.37. The van der Waals surface area contributed by atoms with Gasteiger partial charge in [-0.3, -0.25) is 4.90 Å². The van der Waals surface area contributed by atoms with Gasteiger partial charge in [0.15, 0.2) is 5.13 Å². The van der Waals surface area contributed by atoms with Gasteiger partial charge >= 0.3 is 7.12 Å². The smallest absolute Gasteiger partial charge is 0.423 e. The van der Waals surface area contributed by atoms with Crippen molar-refractivity contribution in [2.45, 2.75) is 25.3 Å². The van der Waals surface area contributed by atoms with E-state index < -0.39 is 7.12 Å². The van der Waals surface area contributed by atoms with Crippen LogP contribution in [0.2, 0.25) is 0 Å². The zero-order valence-electron chi connectivity index (χ0n) is 16.4. The maximum atomic E-state index is 9.20. The third-order valence-electron chi connectivity index (χ3n) is 5.34. The van der Waals surface area contributed by atoms with E-state index in [0.29, 0.717) is 22.8 Å². The fourth-order valence-corrected chi connectivity index (χ4v) is 4.45. The summed E-state index contributed by atoms with van der Waals surface area (Å²) >= 11 is 1.56. The molecule has 9 heteroatoms. The lowest BCUT2D eigenvalue weighted by molar-refractivity contribution is 0.203. The molecule has 30 heavy (non-hydrogen) atoms. The summed E-state index contributed by atoms with van der Waals surface area (Å²) in [7, 11) is -1.42. The molecule has 0 unspecified atom stereocenters. The summed E-state index contributed by atoms with van der Waals surface area (Å²) in [6.45, 7) is 2.86. The molecule has 1 aromatic carbocycles. The normalized spacial score (nSPS) is 15.0. The summed E-state index contributed by atoms with van der Waals surface area (Å²) in [6, 6.07) is 12.9. The topological polar surface area (TPSA) is 105 Å². The standard InChI is InChI=1S/C21H22BN5O2S/c23-12-16-5-8-24-20(11-16)26-21-25-19(14-30-21)17-6-9-27(10-7-17)13-15-1-3-18(4-2-15)22(28)29/h1-5,8,11,14,17,28-29H,6-7,9-10,13H2,(H,24,25,26). The zero-order valence-corrected chi connectivity index (χ0v) is 17.2. The first-order chi connectivity index (χ1) is 14.6. The minimum Gasteiger partial charge on any atom is -0.423 e. The molecule has 2 aromatic heterocycles. The predicted molar refractivity (Wildman–Crippen MR) is 118 cm³/mol. The largest absolute Gasteiger partial charge is 0.488 e. The lowest BCUT2D eigenvalue weighted by Gasteiger charge is -2.31. The highest BCUT2D eigenvalue weighted by atomic mass is 32.1. The van der Waals surface area contributed by atoms with Gasteiger partial charge in [0.1, 0.15) is 5.82 Å². The number of anilines is 2. The van der Waals surface area contributed by atoms with Gasteiger partial charge in [-0.15, -0.1) is 11.3 Å². The van der Waals surface area contributed by atoms with E-state index >= 15 is 0 Å². The van der Waals surface area contributed by atoms with Crippen molar-refractivity contribution in [2.24, 2.45) is 0 Å². The zero-order chi connectivity index (χ0) is 20.9. The molecule has 1 saturated heterocycles. The van der Waals surface area contributed by atoms with Crippen molar-refractivity contribution in [1.29, 1.82) is 5.26 Å². The number of nitrogens with one attached hydrogen (secondary N) is 1. The number of benzene rings is 1.